The third-order valence-corrected chi connectivity index (χ3v) is 3.43. The summed E-state index contributed by atoms with van der Waals surface area (Å²) in [6.07, 6.45) is 0.555. The zero-order chi connectivity index (χ0) is 13.1. The molecule has 0 amide bonds. The minimum absolute atomic E-state index is 0.293. The van der Waals surface area contributed by atoms with E-state index in [9.17, 15) is 4.39 Å². The van der Waals surface area contributed by atoms with E-state index in [1.807, 2.05) is 18.2 Å². The van der Waals surface area contributed by atoms with Crippen molar-refractivity contribution in [2.45, 2.75) is 12.5 Å². The summed E-state index contributed by atoms with van der Waals surface area (Å²) < 4.78 is 14.5. The number of benzene rings is 2. The van der Waals surface area contributed by atoms with Crippen molar-refractivity contribution in [2.75, 3.05) is 0 Å². The van der Waals surface area contributed by atoms with Crippen LogP contribution in [0.15, 0.2) is 46.9 Å². The molecule has 18 heavy (non-hydrogen) atoms. The first-order chi connectivity index (χ1) is 8.56. The highest BCUT2D eigenvalue weighted by molar-refractivity contribution is 9.10. The summed E-state index contributed by atoms with van der Waals surface area (Å²) in [5.41, 5.74) is 7.54. The van der Waals surface area contributed by atoms with Crippen LogP contribution < -0.4 is 5.73 Å². The Morgan fingerprint density at radius 1 is 1.22 bits per heavy atom. The van der Waals surface area contributed by atoms with E-state index in [0.29, 0.717) is 21.5 Å². The Balaban J connectivity index is 2.19. The number of hydrogen-bond acceptors (Lipinski definition) is 1. The van der Waals surface area contributed by atoms with E-state index < -0.39 is 0 Å². The fraction of sp³-hybridized carbons (Fsp3) is 0.143. The van der Waals surface area contributed by atoms with Crippen LogP contribution in [0, 0.1) is 5.82 Å². The van der Waals surface area contributed by atoms with Gasteiger partial charge in [-0.1, -0.05) is 45.7 Å². The van der Waals surface area contributed by atoms with E-state index in [1.54, 1.807) is 18.2 Å². The van der Waals surface area contributed by atoms with Crippen LogP contribution in [0.1, 0.15) is 17.2 Å². The molecule has 0 radical (unpaired) electrons. The van der Waals surface area contributed by atoms with E-state index in [0.717, 1.165) is 5.56 Å². The molecule has 2 rings (SSSR count). The van der Waals surface area contributed by atoms with E-state index in [-0.39, 0.29) is 11.9 Å². The molecule has 2 aromatic carbocycles. The van der Waals surface area contributed by atoms with Crippen LogP contribution in [-0.2, 0) is 6.42 Å². The summed E-state index contributed by atoms with van der Waals surface area (Å²) >= 11 is 9.13. The van der Waals surface area contributed by atoms with Crippen LogP contribution >= 0.6 is 27.5 Å². The minimum Gasteiger partial charge on any atom is -0.324 e. The normalized spacial score (nSPS) is 12.4. The highest BCUT2D eigenvalue weighted by atomic mass is 79.9. The Bertz CT molecular complexity index is 559. The molecule has 0 spiro atoms. The molecule has 0 aliphatic rings. The van der Waals surface area contributed by atoms with E-state index in [4.69, 9.17) is 17.3 Å². The Morgan fingerprint density at radius 2 is 2.00 bits per heavy atom. The molecule has 1 unspecified atom stereocenters. The van der Waals surface area contributed by atoms with Crippen molar-refractivity contribution < 1.29 is 4.39 Å². The number of halogens is 3. The molecule has 0 saturated carbocycles. The van der Waals surface area contributed by atoms with Crippen LogP contribution in [-0.4, -0.2) is 0 Å². The number of rotatable bonds is 3. The van der Waals surface area contributed by atoms with Gasteiger partial charge in [-0.05, 0) is 36.2 Å². The fourth-order valence-electron chi connectivity index (χ4n) is 1.83. The van der Waals surface area contributed by atoms with Gasteiger partial charge < -0.3 is 5.73 Å². The molecule has 94 valence electrons. The van der Waals surface area contributed by atoms with Crippen molar-refractivity contribution in [1.29, 1.82) is 0 Å². The largest absolute Gasteiger partial charge is 0.324 e. The molecule has 1 atom stereocenters. The number of nitrogens with two attached hydrogens (primary N) is 1. The first kappa shape index (κ1) is 13.5. The Labute approximate surface area is 119 Å². The minimum atomic E-state index is -0.378. The first-order valence-corrected chi connectivity index (χ1v) is 6.68. The van der Waals surface area contributed by atoms with E-state index >= 15 is 0 Å². The van der Waals surface area contributed by atoms with Crippen LogP contribution in [0.3, 0.4) is 0 Å². The average Bonchev–Trinajstić information content (AvgIpc) is 2.28. The number of hydrogen-bond donors (Lipinski definition) is 1. The Morgan fingerprint density at radius 3 is 2.67 bits per heavy atom. The van der Waals surface area contributed by atoms with Gasteiger partial charge in [0, 0.05) is 21.1 Å². The van der Waals surface area contributed by atoms with Gasteiger partial charge in [-0.3, -0.25) is 0 Å². The predicted molar refractivity (Wildman–Crippen MR) is 76.2 cm³/mol. The highest BCUT2D eigenvalue weighted by Crippen LogP contribution is 2.23. The van der Waals surface area contributed by atoms with Crippen LogP contribution in [0.2, 0.25) is 5.02 Å². The summed E-state index contributed by atoms with van der Waals surface area (Å²) in [5.74, 6) is -0.293. The maximum Gasteiger partial charge on any atom is 0.129 e. The fourth-order valence-corrected chi connectivity index (χ4v) is 2.38. The van der Waals surface area contributed by atoms with Gasteiger partial charge in [0.15, 0.2) is 0 Å². The molecule has 0 bridgehead atoms. The summed E-state index contributed by atoms with van der Waals surface area (Å²) in [5, 5.41) is 0.663. The van der Waals surface area contributed by atoms with Gasteiger partial charge in [0.25, 0.3) is 0 Å². The van der Waals surface area contributed by atoms with Gasteiger partial charge in [0.05, 0.1) is 0 Å². The molecule has 4 heteroatoms. The second-order valence-corrected chi connectivity index (χ2v) is 5.46. The average molecular weight is 329 g/mol. The van der Waals surface area contributed by atoms with Crippen LogP contribution in [0.5, 0.6) is 0 Å². The lowest BCUT2D eigenvalue weighted by Gasteiger charge is -2.13. The molecular formula is C14H12BrClFN. The monoisotopic (exact) mass is 327 g/mol. The summed E-state index contributed by atoms with van der Waals surface area (Å²) in [6, 6.07) is 12.0. The molecule has 0 aliphatic heterocycles. The SMILES string of the molecule is NC(Cc1cccc(Cl)c1)c1ccc(Br)cc1F. The van der Waals surface area contributed by atoms with Crippen molar-refractivity contribution >= 4 is 27.5 Å². The summed E-state index contributed by atoms with van der Waals surface area (Å²) in [4.78, 5) is 0. The van der Waals surface area contributed by atoms with Gasteiger partial charge in [0.2, 0.25) is 0 Å². The van der Waals surface area contributed by atoms with Crippen LogP contribution in [0.4, 0.5) is 4.39 Å². The Hall–Kier alpha value is -0.900. The van der Waals surface area contributed by atoms with Gasteiger partial charge >= 0.3 is 0 Å². The molecule has 0 aromatic heterocycles. The van der Waals surface area contributed by atoms with E-state index in [2.05, 4.69) is 15.9 Å². The quantitative estimate of drug-likeness (QED) is 0.883. The summed E-state index contributed by atoms with van der Waals surface area (Å²) in [7, 11) is 0. The third kappa shape index (κ3) is 3.31. The molecule has 0 fully saturated rings. The maximum atomic E-state index is 13.7. The topological polar surface area (TPSA) is 26.0 Å². The zero-order valence-electron chi connectivity index (χ0n) is 9.54. The molecule has 0 saturated heterocycles. The summed E-state index contributed by atoms with van der Waals surface area (Å²) in [6.45, 7) is 0. The van der Waals surface area contributed by atoms with Crippen LogP contribution in [0.25, 0.3) is 0 Å². The lowest BCUT2D eigenvalue weighted by molar-refractivity contribution is 0.579. The van der Waals surface area contributed by atoms with Gasteiger partial charge in [-0.15, -0.1) is 0 Å². The lowest BCUT2D eigenvalue weighted by atomic mass is 9.99. The smallest absolute Gasteiger partial charge is 0.129 e. The molecule has 1 nitrogen and oxygen atoms in total. The van der Waals surface area contributed by atoms with E-state index in [1.165, 1.54) is 6.07 Å². The maximum absolute atomic E-state index is 13.7. The third-order valence-electron chi connectivity index (χ3n) is 2.71. The molecule has 0 aliphatic carbocycles. The Kier molecular flexibility index (Phi) is 4.38. The lowest BCUT2D eigenvalue weighted by Crippen LogP contribution is -2.15. The second-order valence-electron chi connectivity index (χ2n) is 4.11. The van der Waals surface area contributed by atoms with Crippen molar-refractivity contribution in [1.82, 2.24) is 0 Å². The zero-order valence-corrected chi connectivity index (χ0v) is 11.9. The molecule has 2 aromatic rings. The van der Waals surface area contributed by atoms with Gasteiger partial charge in [-0.2, -0.15) is 0 Å². The molecule has 0 heterocycles. The molecular weight excluding hydrogens is 317 g/mol. The second kappa shape index (κ2) is 5.83. The van der Waals surface area contributed by atoms with Gasteiger partial charge in [-0.25, -0.2) is 4.39 Å². The standard InChI is InChI=1S/C14H12BrClFN/c15-10-4-5-12(13(17)8-10)14(18)7-9-2-1-3-11(16)6-9/h1-6,8,14H,7,18H2. The molecule has 2 N–H and O–H groups in total. The predicted octanol–water partition coefficient (Wildman–Crippen LogP) is 4.48. The van der Waals surface area contributed by atoms with Gasteiger partial charge in [0.1, 0.15) is 5.82 Å². The van der Waals surface area contributed by atoms with Crippen molar-refractivity contribution in [3.05, 3.63) is 68.9 Å². The van der Waals surface area contributed by atoms with Crippen molar-refractivity contribution in [3.63, 3.8) is 0 Å². The first-order valence-electron chi connectivity index (χ1n) is 5.51. The van der Waals surface area contributed by atoms with Crippen molar-refractivity contribution in [3.8, 4) is 0 Å². The highest BCUT2D eigenvalue weighted by Gasteiger charge is 2.12. The van der Waals surface area contributed by atoms with Crippen molar-refractivity contribution in [2.24, 2.45) is 5.73 Å².